The maximum Gasteiger partial charge on any atom is 0.433 e. The van der Waals surface area contributed by atoms with E-state index in [1.54, 1.807) is 29.2 Å². The number of hydrogen-bond donors (Lipinski definition) is 0. The minimum absolute atomic E-state index is 0.0762. The van der Waals surface area contributed by atoms with Gasteiger partial charge in [0.05, 0.1) is 6.61 Å². The van der Waals surface area contributed by atoms with E-state index in [1.165, 1.54) is 0 Å². The summed E-state index contributed by atoms with van der Waals surface area (Å²) >= 11 is 0. The van der Waals surface area contributed by atoms with Gasteiger partial charge in [0.15, 0.2) is 5.69 Å². The number of carbonyl (C=O) groups is 1. The van der Waals surface area contributed by atoms with Gasteiger partial charge in [0.25, 0.3) is 11.7 Å². The molecule has 0 radical (unpaired) electrons. The van der Waals surface area contributed by atoms with Crippen molar-refractivity contribution in [3.8, 4) is 5.75 Å². The van der Waals surface area contributed by atoms with Gasteiger partial charge in [-0.15, -0.1) is 0 Å². The van der Waals surface area contributed by atoms with Gasteiger partial charge in [-0.2, -0.15) is 27.8 Å². The molecule has 0 spiro atoms. The highest BCUT2D eigenvalue weighted by atomic mass is 19.4. The van der Waals surface area contributed by atoms with Gasteiger partial charge < -0.3 is 9.64 Å². The molecule has 0 atom stereocenters. The van der Waals surface area contributed by atoms with Gasteiger partial charge in [0.1, 0.15) is 12.1 Å². The van der Waals surface area contributed by atoms with E-state index in [4.69, 9.17) is 4.74 Å². The van der Waals surface area contributed by atoms with Gasteiger partial charge in [-0.1, -0.05) is 0 Å². The molecule has 1 aliphatic heterocycles. The number of piperidine rings is 1. The average molecular weight is 419 g/mol. The van der Waals surface area contributed by atoms with E-state index in [9.17, 15) is 18.0 Å². The van der Waals surface area contributed by atoms with Crippen molar-refractivity contribution in [2.24, 2.45) is 0 Å². The highest BCUT2D eigenvalue weighted by molar-refractivity contribution is 5.94. The van der Waals surface area contributed by atoms with Crippen molar-refractivity contribution >= 4 is 11.7 Å². The Balaban J connectivity index is 1.47. The van der Waals surface area contributed by atoms with Crippen LogP contribution in [0.3, 0.4) is 0 Å². The first-order chi connectivity index (χ1) is 14.4. The number of rotatable bonds is 4. The lowest BCUT2D eigenvalue weighted by molar-refractivity contribution is -0.142. The van der Waals surface area contributed by atoms with Crippen LogP contribution in [0.25, 0.3) is 5.78 Å². The predicted molar refractivity (Wildman–Crippen MR) is 101 cm³/mol. The van der Waals surface area contributed by atoms with Gasteiger partial charge in [-0.05, 0) is 50.1 Å². The summed E-state index contributed by atoms with van der Waals surface area (Å²) in [5, 5.41) is 3.62. The second-order valence-electron chi connectivity index (χ2n) is 7.06. The molecule has 1 saturated heterocycles. The Hall–Kier alpha value is -3.17. The molecule has 30 heavy (non-hydrogen) atoms. The van der Waals surface area contributed by atoms with Crippen LogP contribution in [-0.2, 0) is 6.18 Å². The van der Waals surface area contributed by atoms with Crippen LogP contribution in [0.2, 0.25) is 0 Å². The normalized spacial score (nSPS) is 15.5. The highest BCUT2D eigenvalue weighted by Crippen LogP contribution is 2.33. The monoisotopic (exact) mass is 419 g/mol. The molecule has 158 valence electrons. The smallest absolute Gasteiger partial charge is 0.433 e. The Morgan fingerprint density at radius 2 is 1.90 bits per heavy atom. The van der Waals surface area contributed by atoms with E-state index >= 15 is 0 Å². The van der Waals surface area contributed by atoms with E-state index in [1.807, 2.05) is 6.92 Å². The highest BCUT2D eigenvalue weighted by Gasteiger charge is 2.36. The fourth-order valence-electron chi connectivity index (χ4n) is 3.66. The molecule has 7 nitrogen and oxygen atoms in total. The summed E-state index contributed by atoms with van der Waals surface area (Å²) in [6.07, 6.45) is -2.46. The van der Waals surface area contributed by atoms with Crippen LogP contribution >= 0.6 is 0 Å². The van der Waals surface area contributed by atoms with Crippen molar-refractivity contribution in [1.82, 2.24) is 24.5 Å². The molecule has 4 rings (SSSR count). The largest absolute Gasteiger partial charge is 0.494 e. The van der Waals surface area contributed by atoms with Crippen LogP contribution in [-0.4, -0.2) is 50.1 Å². The molecular weight excluding hydrogens is 399 g/mol. The zero-order chi connectivity index (χ0) is 21.3. The lowest BCUT2D eigenvalue weighted by Gasteiger charge is -2.32. The number of likely N-dealkylation sites (tertiary alicyclic amines) is 1. The lowest BCUT2D eigenvalue weighted by atomic mass is 9.92. The van der Waals surface area contributed by atoms with E-state index in [-0.39, 0.29) is 17.6 Å². The molecule has 3 heterocycles. The van der Waals surface area contributed by atoms with E-state index < -0.39 is 11.9 Å². The maximum absolute atomic E-state index is 13.4. The Morgan fingerprint density at radius 1 is 1.20 bits per heavy atom. The molecular formula is C20H20F3N5O2. The summed E-state index contributed by atoms with van der Waals surface area (Å²) in [7, 11) is 0. The topological polar surface area (TPSA) is 72.6 Å². The van der Waals surface area contributed by atoms with Crippen LogP contribution in [0.15, 0.2) is 36.7 Å². The first-order valence-electron chi connectivity index (χ1n) is 9.67. The molecule has 2 aromatic heterocycles. The summed E-state index contributed by atoms with van der Waals surface area (Å²) in [5.74, 6) is 0.335. The van der Waals surface area contributed by atoms with E-state index in [0.717, 1.165) is 12.4 Å². The lowest BCUT2D eigenvalue weighted by Crippen LogP contribution is -2.38. The molecule has 1 amide bonds. The Labute approximate surface area is 170 Å². The van der Waals surface area contributed by atoms with Gasteiger partial charge in [0, 0.05) is 30.3 Å². The Bertz CT molecular complexity index is 1040. The fraction of sp³-hybridized carbons (Fsp3) is 0.400. The maximum atomic E-state index is 13.4. The zero-order valence-corrected chi connectivity index (χ0v) is 16.3. The Morgan fingerprint density at radius 3 is 2.53 bits per heavy atom. The summed E-state index contributed by atoms with van der Waals surface area (Å²) in [6.45, 7) is 3.32. The van der Waals surface area contributed by atoms with E-state index in [2.05, 4.69) is 15.1 Å². The van der Waals surface area contributed by atoms with Crippen molar-refractivity contribution in [2.75, 3.05) is 19.7 Å². The van der Waals surface area contributed by atoms with Gasteiger partial charge in [-0.3, -0.25) is 4.79 Å². The SMILES string of the molecule is CCOc1ccc(C(=O)N2CCC(c3cc(C(F)(F)F)n4ncnc4n3)CC2)cc1. The third kappa shape index (κ3) is 3.94. The molecule has 0 unspecified atom stereocenters. The van der Waals surface area contributed by atoms with Crippen molar-refractivity contribution in [2.45, 2.75) is 31.9 Å². The van der Waals surface area contributed by atoms with Gasteiger partial charge in [0.2, 0.25) is 0 Å². The molecule has 10 heteroatoms. The standard InChI is InChI=1S/C20H20F3N5O2/c1-2-30-15-5-3-14(4-6-15)18(29)27-9-7-13(8-10-27)16-11-17(20(21,22)23)28-19(26-16)24-12-25-28/h3-6,11-13H,2,7-10H2,1H3. The van der Waals surface area contributed by atoms with Crippen LogP contribution < -0.4 is 4.74 Å². The third-order valence-electron chi connectivity index (χ3n) is 5.17. The molecule has 0 bridgehead atoms. The number of benzene rings is 1. The number of aromatic nitrogens is 4. The number of fused-ring (bicyclic) bond motifs is 1. The second-order valence-corrected chi connectivity index (χ2v) is 7.06. The predicted octanol–water partition coefficient (Wildman–Crippen LogP) is 3.56. The first-order valence-corrected chi connectivity index (χ1v) is 9.67. The Kier molecular flexibility index (Phi) is 5.31. The molecule has 1 aromatic carbocycles. The van der Waals surface area contributed by atoms with Gasteiger partial charge in [-0.25, -0.2) is 4.98 Å². The number of amides is 1. The summed E-state index contributed by atoms with van der Waals surface area (Å²) in [5.41, 5.74) is -0.0110. The number of nitrogens with zero attached hydrogens (tertiary/aromatic N) is 5. The fourth-order valence-corrected chi connectivity index (χ4v) is 3.66. The second kappa shape index (κ2) is 7.92. The summed E-state index contributed by atoms with van der Waals surface area (Å²) in [6, 6.07) is 7.97. The van der Waals surface area contributed by atoms with Crippen LogP contribution in [0.5, 0.6) is 5.75 Å². The van der Waals surface area contributed by atoms with E-state index in [0.29, 0.717) is 54.1 Å². The number of halogens is 3. The average Bonchev–Trinajstić information content (AvgIpc) is 3.21. The number of hydrogen-bond acceptors (Lipinski definition) is 5. The van der Waals surface area contributed by atoms with Crippen LogP contribution in [0.1, 0.15) is 47.4 Å². The molecule has 1 aliphatic rings. The molecule has 3 aromatic rings. The molecule has 1 fully saturated rings. The molecule has 0 saturated carbocycles. The number of alkyl halides is 3. The third-order valence-corrected chi connectivity index (χ3v) is 5.17. The van der Waals surface area contributed by atoms with Crippen LogP contribution in [0.4, 0.5) is 13.2 Å². The van der Waals surface area contributed by atoms with Crippen molar-refractivity contribution in [3.63, 3.8) is 0 Å². The summed E-state index contributed by atoms with van der Waals surface area (Å²) in [4.78, 5) is 22.5. The molecule has 0 aliphatic carbocycles. The van der Waals surface area contributed by atoms with Gasteiger partial charge >= 0.3 is 6.18 Å². The van der Waals surface area contributed by atoms with Crippen molar-refractivity contribution in [3.05, 3.63) is 53.6 Å². The summed E-state index contributed by atoms with van der Waals surface area (Å²) < 4.78 is 46.3. The van der Waals surface area contributed by atoms with Crippen molar-refractivity contribution < 1.29 is 22.7 Å². The minimum atomic E-state index is -4.56. The number of carbonyl (C=O) groups excluding carboxylic acids is 1. The van der Waals surface area contributed by atoms with Crippen molar-refractivity contribution in [1.29, 1.82) is 0 Å². The first kappa shape index (κ1) is 20.1. The zero-order valence-electron chi connectivity index (χ0n) is 16.3. The molecule has 0 N–H and O–H groups in total. The number of ether oxygens (including phenoxy) is 1. The van der Waals surface area contributed by atoms with Crippen LogP contribution in [0, 0.1) is 0 Å². The minimum Gasteiger partial charge on any atom is -0.494 e. The quantitative estimate of drug-likeness (QED) is 0.647.